The van der Waals surface area contributed by atoms with Crippen molar-refractivity contribution in [3.63, 3.8) is 0 Å². The van der Waals surface area contributed by atoms with E-state index in [1.54, 1.807) is 6.92 Å². The molecule has 6 heteroatoms. The third kappa shape index (κ3) is 4.18. The summed E-state index contributed by atoms with van der Waals surface area (Å²) in [4.78, 5) is 28.6. The van der Waals surface area contributed by atoms with Crippen LogP contribution in [0.4, 0.5) is 0 Å². The molecular formula is C19H24N4O2. The molecule has 2 amide bonds. The summed E-state index contributed by atoms with van der Waals surface area (Å²) in [7, 11) is 0. The first kappa shape index (κ1) is 17.4. The Morgan fingerprint density at radius 2 is 1.84 bits per heavy atom. The Bertz CT molecular complexity index is 672. The highest BCUT2D eigenvalue weighted by Crippen LogP contribution is 2.39. The van der Waals surface area contributed by atoms with E-state index in [0.717, 1.165) is 12.8 Å². The minimum absolute atomic E-state index is 0.0375. The third-order valence-electron chi connectivity index (χ3n) is 5.07. The van der Waals surface area contributed by atoms with Crippen molar-refractivity contribution in [2.75, 3.05) is 32.7 Å². The van der Waals surface area contributed by atoms with Crippen LogP contribution >= 0.6 is 0 Å². The van der Waals surface area contributed by atoms with Gasteiger partial charge in [-0.15, -0.1) is 0 Å². The maximum absolute atomic E-state index is 12.4. The molecule has 1 aliphatic heterocycles. The van der Waals surface area contributed by atoms with Crippen molar-refractivity contribution in [3.05, 3.63) is 35.9 Å². The molecule has 3 rings (SSSR count). The molecule has 2 fully saturated rings. The number of carbonyl (C=O) groups excluding carboxylic acids is 2. The van der Waals surface area contributed by atoms with Crippen LogP contribution in [0.1, 0.15) is 30.1 Å². The Hall–Kier alpha value is -2.39. The van der Waals surface area contributed by atoms with Gasteiger partial charge in [0.05, 0.1) is 12.6 Å². The minimum atomic E-state index is -0.748. The van der Waals surface area contributed by atoms with Gasteiger partial charge in [-0.1, -0.05) is 18.2 Å². The van der Waals surface area contributed by atoms with Crippen molar-refractivity contribution >= 4 is 11.8 Å². The number of rotatable bonds is 5. The minimum Gasteiger partial charge on any atom is -0.337 e. The van der Waals surface area contributed by atoms with Crippen LogP contribution in [-0.4, -0.2) is 59.9 Å². The van der Waals surface area contributed by atoms with Crippen molar-refractivity contribution in [1.82, 2.24) is 15.1 Å². The zero-order valence-electron chi connectivity index (χ0n) is 14.6. The molecule has 1 saturated carbocycles. The summed E-state index contributed by atoms with van der Waals surface area (Å²) in [5.74, 6) is 0.205. The average molecular weight is 340 g/mol. The second kappa shape index (κ2) is 7.24. The van der Waals surface area contributed by atoms with Crippen LogP contribution in [0.15, 0.2) is 30.3 Å². The largest absolute Gasteiger partial charge is 0.337 e. The van der Waals surface area contributed by atoms with E-state index in [4.69, 9.17) is 0 Å². The molecule has 25 heavy (non-hydrogen) atoms. The summed E-state index contributed by atoms with van der Waals surface area (Å²) in [5, 5.41) is 12.2. The SMILES string of the molecule is C[C@](C#N)(NC(=O)CN1CCN(C(=O)c2ccccc2)CC1)C1CC1. The predicted octanol–water partition coefficient (Wildman–Crippen LogP) is 1.25. The van der Waals surface area contributed by atoms with E-state index in [1.165, 1.54) is 0 Å². The lowest BCUT2D eigenvalue weighted by atomic mass is 9.98. The number of nitriles is 1. The first-order valence-corrected chi connectivity index (χ1v) is 8.81. The predicted molar refractivity (Wildman–Crippen MR) is 93.7 cm³/mol. The summed E-state index contributed by atoms with van der Waals surface area (Å²) in [5.41, 5.74) is -0.0507. The van der Waals surface area contributed by atoms with E-state index in [9.17, 15) is 14.9 Å². The molecule has 132 valence electrons. The van der Waals surface area contributed by atoms with Crippen LogP contribution in [0.2, 0.25) is 0 Å². The number of piperazine rings is 1. The monoisotopic (exact) mass is 340 g/mol. The van der Waals surface area contributed by atoms with Crippen LogP contribution in [0.25, 0.3) is 0 Å². The molecule has 0 spiro atoms. The Morgan fingerprint density at radius 3 is 2.40 bits per heavy atom. The second-order valence-electron chi connectivity index (χ2n) is 7.07. The fourth-order valence-electron chi connectivity index (χ4n) is 3.29. The van der Waals surface area contributed by atoms with Crippen molar-refractivity contribution in [1.29, 1.82) is 5.26 Å². The number of carbonyl (C=O) groups is 2. The summed E-state index contributed by atoms with van der Waals surface area (Å²) in [6.45, 7) is 4.63. The van der Waals surface area contributed by atoms with Gasteiger partial charge in [0.1, 0.15) is 5.54 Å². The van der Waals surface area contributed by atoms with Crippen LogP contribution in [0.3, 0.4) is 0 Å². The standard InChI is InChI=1S/C19H24N4O2/c1-19(14-20,16-7-8-16)21-17(24)13-22-9-11-23(12-10-22)18(25)15-5-3-2-4-6-15/h2-6,16H,7-13H2,1H3,(H,21,24)/t19-/m1/s1. The number of nitrogens with zero attached hydrogens (tertiary/aromatic N) is 3. The third-order valence-corrected chi connectivity index (χ3v) is 5.07. The maximum atomic E-state index is 12.4. The zero-order chi connectivity index (χ0) is 17.9. The van der Waals surface area contributed by atoms with Gasteiger partial charge in [-0.05, 0) is 37.8 Å². The topological polar surface area (TPSA) is 76.4 Å². The molecule has 0 radical (unpaired) electrons. The molecule has 0 unspecified atom stereocenters. The second-order valence-corrected chi connectivity index (χ2v) is 7.07. The van der Waals surface area contributed by atoms with E-state index in [2.05, 4.69) is 11.4 Å². The molecule has 0 bridgehead atoms. The maximum Gasteiger partial charge on any atom is 0.253 e. The Morgan fingerprint density at radius 1 is 1.20 bits per heavy atom. The molecule has 1 atom stereocenters. The van der Waals surface area contributed by atoms with Crippen LogP contribution < -0.4 is 5.32 Å². The van der Waals surface area contributed by atoms with Gasteiger partial charge >= 0.3 is 0 Å². The highest BCUT2D eigenvalue weighted by atomic mass is 16.2. The molecule has 1 N–H and O–H groups in total. The van der Waals surface area contributed by atoms with Crippen LogP contribution in [0, 0.1) is 17.2 Å². The van der Waals surface area contributed by atoms with Gasteiger partial charge in [0.2, 0.25) is 5.91 Å². The van der Waals surface area contributed by atoms with Gasteiger partial charge in [-0.2, -0.15) is 5.26 Å². The fraction of sp³-hybridized carbons (Fsp3) is 0.526. The lowest BCUT2D eigenvalue weighted by Gasteiger charge is -2.35. The van der Waals surface area contributed by atoms with E-state index in [0.29, 0.717) is 31.7 Å². The van der Waals surface area contributed by atoms with E-state index < -0.39 is 5.54 Å². The number of amides is 2. The Labute approximate surface area is 148 Å². The summed E-state index contributed by atoms with van der Waals surface area (Å²) in [6, 6.07) is 11.5. The molecule has 0 aromatic heterocycles. The normalized spacial score (nSPS) is 20.4. The number of benzene rings is 1. The molecule has 1 aromatic carbocycles. The number of hydrogen-bond acceptors (Lipinski definition) is 4. The molecule has 2 aliphatic rings. The van der Waals surface area contributed by atoms with Crippen molar-refractivity contribution in [2.24, 2.45) is 5.92 Å². The molecule has 6 nitrogen and oxygen atoms in total. The number of nitrogens with one attached hydrogen (secondary N) is 1. The Balaban J connectivity index is 1.47. The molecule has 1 aliphatic carbocycles. The summed E-state index contributed by atoms with van der Waals surface area (Å²) in [6.07, 6.45) is 2.01. The zero-order valence-corrected chi connectivity index (χ0v) is 14.6. The van der Waals surface area contributed by atoms with E-state index in [1.807, 2.05) is 40.1 Å². The fourth-order valence-corrected chi connectivity index (χ4v) is 3.29. The highest BCUT2D eigenvalue weighted by Gasteiger charge is 2.43. The lowest BCUT2D eigenvalue weighted by molar-refractivity contribution is -0.124. The highest BCUT2D eigenvalue weighted by molar-refractivity contribution is 5.94. The Kier molecular flexibility index (Phi) is 5.05. The quantitative estimate of drug-likeness (QED) is 0.875. The first-order valence-electron chi connectivity index (χ1n) is 8.81. The number of hydrogen-bond donors (Lipinski definition) is 1. The van der Waals surface area contributed by atoms with Gasteiger partial charge < -0.3 is 10.2 Å². The van der Waals surface area contributed by atoms with Gasteiger partial charge in [0, 0.05) is 31.7 Å². The lowest BCUT2D eigenvalue weighted by Crippen LogP contribution is -2.54. The molecular weight excluding hydrogens is 316 g/mol. The summed E-state index contributed by atoms with van der Waals surface area (Å²) < 4.78 is 0. The van der Waals surface area contributed by atoms with Gasteiger partial charge in [0.15, 0.2) is 0 Å². The smallest absolute Gasteiger partial charge is 0.253 e. The van der Waals surface area contributed by atoms with E-state index >= 15 is 0 Å². The average Bonchev–Trinajstić information content (AvgIpc) is 3.48. The summed E-state index contributed by atoms with van der Waals surface area (Å²) >= 11 is 0. The van der Waals surface area contributed by atoms with Crippen molar-refractivity contribution < 1.29 is 9.59 Å². The van der Waals surface area contributed by atoms with Gasteiger partial charge in [0.25, 0.3) is 5.91 Å². The van der Waals surface area contributed by atoms with Crippen LogP contribution in [0.5, 0.6) is 0 Å². The van der Waals surface area contributed by atoms with Crippen molar-refractivity contribution in [2.45, 2.75) is 25.3 Å². The van der Waals surface area contributed by atoms with Crippen molar-refractivity contribution in [3.8, 4) is 6.07 Å². The van der Waals surface area contributed by atoms with E-state index in [-0.39, 0.29) is 24.3 Å². The molecule has 1 saturated heterocycles. The molecule has 1 heterocycles. The van der Waals surface area contributed by atoms with Crippen LogP contribution in [-0.2, 0) is 4.79 Å². The first-order chi connectivity index (χ1) is 12.0. The molecule has 1 aromatic rings. The van der Waals surface area contributed by atoms with Gasteiger partial charge in [-0.25, -0.2) is 0 Å². The van der Waals surface area contributed by atoms with Gasteiger partial charge in [-0.3, -0.25) is 14.5 Å².